The molecule has 1 unspecified atom stereocenters. The van der Waals surface area contributed by atoms with E-state index in [9.17, 15) is 0 Å². The summed E-state index contributed by atoms with van der Waals surface area (Å²) in [6, 6.07) is 0.281. The van der Waals surface area contributed by atoms with Crippen LogP contribution in [0.2, 0.25) is 0 Å². The van der Waals surface area contributed by atoms with Crippen molar-refractivity contribution < 1.29 is 4.74 Å². The predicted molar refractivity (Wildman–Crippen MR) is 94.6 cm³/mol. The highest BCUT2D eigenvalue weighted by atomic mass is 127. The molecule has 0 saturated carbocycles. The first-order valence-electron chi connectivity index (χ1n) is 7.13. The Labute approximate surface area is 136 Å². The Bertz CT molecular complexity index is 223. The van der Waals surface area contributed by atoms with Gasteiger partial charge in [-0.1, -0.05) is 26.7 Å². The van der Waals surface area contributed by atoms with Crippen molar-refractivity contribution in [1.29, 1.82) is 0 Å². The average molecular weight is 385 g/mol. The zero-order valence-corrected chi connectivity index (χ0v) is 15.5. The van der Waals surface area contributed by atoms with Crippen LogP contribution in [-0.4, -0.2) is 38.8 Å². The Balaban J connectivity index is 0. The first kappa shape index (κ1) is 21.3. The zero-order valence-electron chi connectivity index (χ0n) is 13.2. The first-order valence-corrected chi connectivity index (χ1v) is 7.13. The third-order valence-corrected chi connectivity index (χ3v) is 2.60. The third kappa shape index (κ3) is 14.2. The third-order valence-electron chi connectivity index (χ3n) is 2.60. The second kappa shape index (κ2) is 14.4. The van der Waals surface area contributed by atoms with Crippen molar-refractivity contribution in [2.75, 3.05) is 26.8 Å². The molecule has 0 fully saturated rings. The molecular weight excluding hydrogens is 353 g/mol. The maximum absolute atomic E-state index is 5.11. The quantitative estimate of drug-likeness (QED) is 0.278. The van der Waals surface area contributed by atoms with E-state index in [-0.39, 0.29) is 30.0 Å². The minimum Gasteiger partial charge on any atom is -0.383 e. The number of unbranched alkanes of at least 4 members (excludes halogenated alkanes) is 1. The molecule has 0 aliphatic carbocycles. The lowest BCUT2D eigenvalue weighted by Crippen LogP contribution is -2.44. The Morgan fingerprint density at radius 2 is 1.89 bits per heavy atom. The minimum atomic E-state index is 0. The first-order chi connectivity index (χ1) is 8.60. The van der Waals surface area contributed by atoms with Crippen molar-refractivity contribution >= 4 is 29.9 Å². The minimum absolute atomic E-state index is 0. The van der Waals surface area contributed by atoms with Gasteiger partial charge in [-0.15, -0.1) is 24.0 Å². The SMILES string of the molecule is CCNC(=NCCCCC(C)C)NC(C)COC.I. The van der Waals surface area contributed by atoms with Gasteiger partial charge >= 0.3 is 0 Å². The molecule has 0 amide bonds. The maximum atomic E-state index is 5.11. The van der Waals surface area contributed by atoms with Crippen LogP contribution in [0.25, 0.3) is 0 Å². The number of hydrogen-bond donors (Lipinski definition) is 2. The number of rotatable bonds is 9. The second-order valence-electron chi connectivity index (χ2n) is 5.15. The van der Waals surface area contributed by atoms with Crippen molar-refractivity contribution in [2.24, 2.45) is 10.9 Å². The monoisotopic (exact) mass is 385 g/mol. The molecule has 0 rings (SSSR count). The van der Waals surface area contributed by atoms with Gasteiger partial charge in [-0.3, -0.25) is 4.99 Å². The molecule has 1 atom stereocenters. The number of ether oxygens (including phenoxy) is 1. The lowest BCUT2D eigenvalue weighted by Gasteiger charge is -2.17. The van der Waals surface area contributed by atoms with Gasteiger partial charge in [0, 0.05) is 26.2 Å². The van der Waals surface area contributed by atoms with Gasteiger partial charge in [0.1, 0.15) is 0 Å². The van der Waals surface area contributed by atoms with Gasteiger partial charge in [0.25, 0.3) is 0 Å². The van der Waals surface area contributed by atoms with E-state index >= 15 is 0 Å². The van der Waals surface area contributed by atoms with Crippen LogP contribution in [0.3, 0.4) is 0 Å². The Kier molecular flexibility index (Phi) is 16.1. The number of guanidine groups is 1. The summed E-state index contributed by atoms with van der Waals surface area (Å²) in [5, 5.41) is 6.59. The molecule has 4 nitrogen and oxygen atoms in total. The molecule has 0 aromatic rings. The fourth-order valence-electron chi connectivity index (χ4n) is 1.70. The van der Waals surface area contributed by atoms with E-state index in [1.807, 2.05) is 0 Å². The predicted octanol–water partition coefficient (Wildman–Crippen LogP) is 3.02. The van der Waals surface area contributed by atoms with Crippen LogP contribution in [0, 0.1) is 5.92 Å². The fraction of sp³-hybridized carbons (Fsp3) is 0.929. The largest absolute Gasteiger partial charge is 0.383 e. The fourth-order valence-corrected chi connectivity index (χ4v) is 1.70. The van der Waals surface area contributed by atoms with Crippen molar-refractivity contribution in [3.8, 4) is 0 Å². The Hall–Kier alpha value is -0.0400. The van der Waals surface area contributed by atoms with Crippen LogP contribution >= 0.6 is 24.0 Å². The van der Waals surface area contributed by atoms with Crippen LogP contribution < -0.4 is 10.6 Å². The lowest BCUT2D eigenvalue weighted by atomic mass is 10.1. The molecule has 0 aromatic heterocycles. The number of nitrogens with zero attached hydrogens (tertiary/aromatic N) is 1. The molecule has 116 valence electrons. The molecular formula is C14H32IN3O. The van der Waals surface area contributed by atoms with Crippen molar-refractivity contribution in [3.05, 3.63) is 0 Å². The number of halogens is 1. The molecule has 0 heterocycles. The summed E-state index contributed by atoms with van der Waals surface area (Å²) in [4.78, 5) is 4.57. The van der Waals surface area contributed by atoms with Crippen LogP contribution in [0.1, 0.15) is 47.0 Å². The van der Waals surface area contributed by atoms with Crippen LogP contribution in [0.4, 0.5) is 0 Å². The standard InChI is InChI=1S/C14H31N3O.HI/c1-6-15-14(17-13(4)11-18-5)16-10-8-7-9-12(2)3;/h12-13H,6-11H2,1-5H3,(H2,15,16,17);1H. The molecule has 0 radical (unpaired) electrons. The van der Waals surface area contributed by atoms with E-state index in [2.05, 4.69) is 43.3 Å². The van der Waals surface area contributed by atoms with Crippen LogP contribution in [0.15, 0.2) is 4.99 Å². The molecule has 5 heteroatoms. The van der Waals surface area contributed by atoms with E-state index < -0.39 is 0 Å². The smallest absolute Gasteiger partial charge is 0.191 e. The van der Waals surface area contributed by atoms with Gasteiger partial charge in [0.05, 0.1) is 6.61 Å². The Morgan fingerprint density at radius 1 is 1.21 bits per heavy atom. The van der Waals surface area contributed by atoms with Crippen molar-refractivity contribution in [3.63, 3.8) is 0 Å². The number of methoxy groups -OCH3 is 1. The summed E-state index contributed by atoms with van der Waals surface area (Å²) < 4.78 is 5.11. The Morgan fingerprint density at radius 3 is 2.42 bits per heavy atom. The second-order valence-corrected chi connectivity index (χ2v) is 5.15. The normalized spacial score (nSPS) is 13.1. The lowest BCUT2D eigenvalue weighted by molar-refractivity contribution is 0.179. The molecule has 0 spiro atoms. The van der Waals surface area contributed by atoms with Gasteiger partial charge in [0.2, 0.25) is 0 Å². The molecule has 2 N–H and O–H groups in total. The summed E-state index contributed by atoms with van der Waals surface area (Å²) in [5.41, 5.74) is 0. The highest BCUT2D eigenvalue weighted by Crippen LogP contribution is 2.05. The van der Waals surface area contributed by atoms with Crippen LogP contribution in [0.5, 0.6) is 0 Å². The van der Waals surface area contributed by atoms with Crippen molar-refractivity contribution in [2.45, 2.75) is 53.0 Å². The van der Waals surface area contributed by atoms with E-state index in [0.717, 1.165) is 31.4 Å². The van der Waals surface area contributed by atoms with Gasteiger partial charge in [-0.25, -0.2) is 0 Å². The van der Waals surface area contributed by atoms with E-state index in [0.29, 0.717) is 6.61 Å². The molecule has 0 aliphatic rings. The number of hydrogen-bond acceptors (Lipinski definition) is 2. The maximum Gasteiger partial charge on any atom is 0.191 e. The summed E-state index contributed by atoms with van der Waals surface area (Å²) in [6.07, 6.45) is 3.71. The van der Waals surface area contributed by atoms with E-state index in [1.54, 1.807) is 7.11 Å². The van der Waals surface area contributed by atoms with Gasteiger partial charge < -0.3 is 15.4 Å². The summed E-state index contributed by atoms with van der Waals surface area (Å²) in [6.45, 7) is 11.2. The molecule has 0 aromatic carbocycles. The van der Waals surface area contributed by atoms with E-state index in [1.165, 1.54) is 12.8 Å². The van der Waals surface area contributed by atoms with Gasteiger partial charge in [-0.2, -0.15) is 0 Å². The summed E-state index contributed by atoms with van der Waals surface area (Å²) >= 11 is 0. The summed E-state index contributed by atoms with van der Waals surface area (Å²) in [7, 11) is 1.72. The van der Waals surface area contributed by atoms with Crippen LogP contribution in [-0.2, 0) is 4.74 Å². The van der Waals surface area contributed by atoms with Gasteiger partial charge in [0.15, 0.2) is 5.96 Å². The highest BCUT2D eigenvalue weighted by molar-refractivity contribution is 14.0. The molecule has 0 aliphatic heterocycles. The molecule has 0 saturated heterocycles. The highest BCUT2D eigenvalue weighted by Gasteiger charge is 2.03. The number of aliphatic imine (C=N–C) groups is 1. The van der Waals surface area contributed by atoms with Gasteiger partial charge in [-0.05, 0) is 26.2 Å². The topological polar surface area (TPSA) is 45.7 Å². The van der Waals surface area contributed by atoms with E-state index in [4.69, 9.17) is 4.74 Å². The zero-order chi connectivity index (χ0) is 13.8. The average Bonchev–Trinajstić information content (AvgIpc) is 2.28. The molecule has 19 heavy (non-hydrogen) atoms. The summed E-state index contributed by atoms with van der Waals surface area (Å²) in [5.74, 6) is 1.69. The van der Waals surface area contributed by atoms with Crippen molar-refractivity contribution in [1.82, 2.24) is 10.6 Å². The number of nitrogens with one attached hydrogen (secondary N) is 2. The molecule has 0 bridgehead atoms.